The Labute approximate surface area is 169 Å². The normalized spacial score (nSPS) is 24.0. The maximum Gasteiger partial charge on any atom is 0.274 e. The second kappa shape index (κ2) is 6.65. The second-order valence-electron chi connectivity index (χ2n) is 8.08. The van der Waals surface area contributed by atoms with Gasteiger partial charge in [-0.2, -0.15) is 0 Å². The second-order valence-corrected chi connectivity index (χ2v) is 8.08. The van der Waals surface area contributed by atoms with E-state index in [0.29, 0.717) is 18.5 Å². The molecule has 2 aliphatic heterocycles. The highest BCUT2D eigenvalue weighted by molar-refractivity contribution is 5.99. The number of pyridine rings is 1. The number of hydrogen-bond acceptors (Lipinski definition) is 4. The van der Waals surface area contributed by atoms with Crippen molar-refractivity contribution < 1.29 is 23.5 Å². The molecule has 1 aromatic heterocycles. The summed E-state index contributed by atoms with van der Waals surface area (Å²) in [5.74, 6) is -3.10. The van der Waals surface area contributed by atoms with Crippen LogP contribution in [0.15, 0.2) is 29.2 Å². The third kappa shape index (κ3) is 2.64. The maximum absolute atomic E-state index is 13.8. The first-order valence-electron chi connectivity index (χ1n) is 9.88. The van der Waals surface area contributed by atoms with Crippen LogP contribution < -0.4 is 10.7 Å². The van der Waals surface area contributed by atoms with Crippen molar-refractivity contribution in [3.63, 3.8) is 0 Å². The summed E-state index contributed by atoms with van der Waals surface area (Å²) in [5.41, 5.74) is -1.28. The summed E-state index contributed by atoms with van der Waals surface area (Å²) in [6, 6.07) is 2.89. The third-order valence-corrected chi connectivity index (χ3v) is 6.54. The molecule has 2 aromatic rings. The summed E-state index contributed by atoms with van der Waals surface area (Å²) in [6.07, 6.45) is 3.95. The largest absolute Gasteiger partial charge is 0.503 e. The van der Waals surface area contributed by atoms with Gasteiger partial charge in [0.25, 0.3) is 11.8 Å². The summed E-state index contributed by atoms with van der Waals surface area (Å²) in [5, 5.41) is 12.9. The van der Waals surface area contributed by atoms with Gasteiger partial charge in [0.1, 0.15) is 17.2 Å². The van der Waals surface area contributed by atoms with Crippen molar-refractivity contribution >= 4 is 11.8 Å². The van der Waals surface area contributed by atoms with Gasteiger partial charge < -0.3 is 19.9 Å². The van der Waals surface area contributed by atoms with E-state index in [1.165, 1.54) is 12.3 Å². The molecule has 0 bridgehead atoms. The summed E-state index contributed by atoms with van der Waals surface area (Å²) in [6.45, 7) is 0.345. The number of rotatable bonds is 3. The Morgan fingerprint density at radius 2 is 2.00 bits per heavy atom. The molecule has 0 radical (unpaired) electrons. The lowest BCUT2D eigenvalue weighted by Crippen LogP contribution is -2.48. The van der Waals surface area contributed by atoms with Crippen molar-refractivity contribution in [3.8, 4) is 5.75 Å². The fraction of sp³-hybridized carbons (Fsp3) is 0.381. The average Bonchev–Trinajstić information content (AvgIpc) is 3.31. The molecule has 30 heavy (non-hydrogen) atoms. The molecule has 7 nitrogen and oxygen atoms in total. The number of carbonyl (C=O) groups excluding carboxylic acids is 2. The van der Waals surface area contributed by atoms with Crippen LogP contribution in [-0.2, 0) is 6.54 Å². The number of benzene rings is 1. The molecule has 1 saturated heterocycles. The number of nitrogens with one attached hydrogen (secondary N) is 1. The van der Waals surface area contributed by atoms with E-state index in [-0.39, 0.29) is 35.4 Å². The van der Waals surface area contributed by atoms with E-state index in [1.54, 1.807) is 9.47 Å². The van der Waals surface area contributed by atoms with Crippen LogP contribution in [-0.4, -0.2) is 39.0 Å². The summed E-state index contributed by atoms with van der Waals surface area (Å²) in [7, 11) is 0. The standard InChI is InChI=1S/C21H19F2N3O4/c22-12-3-1-11(14(23)7-12)8-24-20(29)13-9-26-15-4-2-10-5-6-25(16(10)15)21(30)17(26)19(28)18(13)27/h1,3,7,9-10,15-16,28H,2,4-6,8H2,(H,24,29)/t10-,15-,16+/m0/s1. The van der Waals surface area contributed by atoms with Crippen LogP contribution in [0.1, 0.15) is 51.7 Å². The zero-order valence-corrected chi connectivity index (χ0v) is 15.9. The van der Waals surface area contributed by atoms with Gasteiger partial charge in [-0.25, -0.2) is 8.78 Å². The Morgan fingerprint density at radius 1 is 1.20 bits per heavy atom. The number of hydrogen-bond donors (Lipinski definition) is 2. The van der Waals surface area contributed by atoms with E-state index >= 15 is 0 Å². The molecule has 3 heterocycles. The molecular formula is C21H19F2N3O4. The Morgan fingerprint density at radius 3 is 2.77 bits per heavy atom. The van der Waals surface area contributed by atoms with Crippen LogP contribution in [0.3, 0.4) is 0 Å². The van der Waals surface area contributed by atoms with Crippen LogP contribution in [0, 0.1) is 17.6 Å². The van der Waals surface area contributed by atoms with Crippen molar-refractivity contribution in [2.45, 2.75) is 37.9 Å². The van der Waals surface area contributed by atoms with Gasteiger partial charge in [-0.3, -0.25) is 14.4 Å². The Balaban J connectivity index is 1.49. The minimum Gasteiger partial charge on any atom is -0.503 e. The predicted octanol–water partition coefficient (Wildman–Crippen LogP) is 1.94. The highest BCUT2D eigenvalue weighted by atomic mass is 19.1. The third-order valence-electron chi connectivity index (χ3n) is 6.54. The van der Waals surface area contributed by atoms with E-state index in [2.05, 4.69) is 5.32 Å². The molecule has 1 aliphatic carbocycles. The highest BCUT2D eigenvalue weighted by Crippen LogP contribution is 2.48. The van der Waals surface area contributed by atoms with E-state index in [9.17, 15) is 28.3 Å². The first kappa shape index (κ1) is 18.8. The molecule has 2 amide bonds. The molecule has 0 unspecified atom stereocenters. The number of aromatic nitrogens is 1. The van der Waals surface area contributed by atoms with Gasteiger partial charge in [-0.1, -0.05) is 6.07 Å². The molecule has 2 N–H and O–H groups in total. The predicted molar refractivity (Wildman–Crippen MR) is 101 cm³/mol. The number of amides is 2. The Bertz CT molecular complexity index is 1150. The van der Waals surface area contributed by atoms with Crippen molar-refractivity contribution in [2.75, 3.05) is 6.54 Å². The molecule has 1 aromatic carbocycles. The van der Waals surface area contributed by atoms with Crippen LogP contribution in [0.25, 0.3) is 0 Å². The van der Waals surface area contributed by atoms with Gasteiger partial charge in [0.15, 0.2) is 11.4 Å². The topological polar surface area (TPSA) is 91.6 Å². The van der Waals surface area contributed by atoms with E-state index < -0.39 is 34.6 Å². The molecule has 0 spiro atoms. The Kier molecular flexibility index (Phi) is 4.16. The molecule has 9 heteroatoms. The summed E-state index contributed by atoms with van der Waals surface area (Å²) < 4.78 is 28.4. The van der Waals surface area contributed by atoms with Gasteiger partial charge in [-0.15, -0.1) is 0 Å². The number of fused-ring (bicyclic) bond motifs is 2. The maximum atomic E-state index is 13.8. The van der Waals surface area contributed by atoms with Crippen LogP contribution >= 0.6 is 0 Å². The van der Waals surface area contributed by atoms with Crippen molar-refractivity contribution in [3.05, 3.63) is 63.1 Å². The van der Waals surface area contributed by atoms with Gasteiger partial charge in [0.2, 0.25) is 5.43 Å². The fourth-order valence-electron chi connectivity index (χ4n) is 5.14. The van der Waals surface area contributed by atoms with Crippen molar-refractivity contribution in [1.82, 2.24) is 14.8 Å². The van der Waals surface area contributed by atoms with E-state index in [1.807, 2.05) is 0 Å². The Hall–Kier alpha value is -3.23. The van der Waals surface area contributed by atoms with Crippen molar-refractivity contribution in [2.24, 2.45) is 5.92 Å². The summed E-state index contributed by atoms with van der Waals surface area (Å²) >= 11 is 0. The molecule has 156 valence electrons. The average molecular weight is 415 g/mol. The van der Waals surface area contributed by atoms with E-state index in [0.717, 1.165) is 25.3 Å². The van der Waals surface area contributed by atoms with Crippen molar-refractivity contribution in [1.29, 1.82) is 0 Å². The van der Waals surface area contributed by atoms with Gasteiger partial charge in [0.05, 0.1) is 12.1 Å². The SMILES string of the molecule is O=C(NCc1ccc(F)cc1F)c1cn2c(c(O)c1=O)C(=O)N1CC[C@@H]3CC[C@H]2[C@@H]31. The summed E-state index contributed by atoms with van der Waals surface area (Å²) in [4.78, 5) is 39.9. The van der Waals surface area contributed by atoms with Gasteiger partial charge >= 0.3 is 0 Å². The number of carbonyl (C=O) groups is 2. The number of nitrogens with zero attached hydrogens (tertiary/aromatic N) is 2. The highest BCUT2D eigenvalue weighted by Gasteiger charge is 2.51. The molecular weight excluding hydrogens is 396 g/mol. The quantitative estimate of drug-likeness (QED) is 0.802. The molecule has 1 saturated carbocycles. The van der Waals surface area contributed by atoms with Crippen LogP contribution in [0.5, 0.6) is 5.75 Å². The van der Waals surface area contributed by atoms with Crippen LogP contribution in [0.4, 0.5) is 8.78 Å². The fourth-order valence-corrected chi connectivity index (χ4v) is 5.14. The smallest absolute Gasteiger partial charge is 0.274 e. The lowest BCUT2D eigenvalue weighted by molar-refractivity contribution is 0.0609. The van der Waals surface area contributed by atoms with Crippen LogP contribution in [0.2, 0.25) is 0 Å². The molecule has 2 fully saturated rings. The first-order valence-corrected chi connectivity index (χ1v) is 9.88. The lowest BCUT2D eigenvalue weighted by atomic mass is 9.99. The molecule has 3 aliphatic rings. The lowest BCUT2D eigenvalue weighted by Gasteiger charge is -2.38. The zero-order chi connectivity index (χ0) is 21.2. The molecule has 5 rings (SSSR count). The van der Waals surface area contributed by atoms with Gasteiger partial charge in [0, 0.05) is 30.9 Å². The first-order chi connectivity index (χ1) is 14.4. The minimum absolute atomic E-state index is 0.0103. The minimum atomic E-state index is -0.945. The van der Waals surface area contributed by atoms with E-state index in [4.69, 9.17) is 0 Å². The molecule has 3 atom stereocenters. The monoisotopic (exact) mass is 415 g/mol. The number of halogens is 2. The van der Waals surface area contributed by atoms with Gasteiger partial charge in [-0.05, 0) is 31.2 Å². The number of aromatic hydroxyl groups is 1. The zero-order valence-electron chi connectivity index (χ0n) is 15.9.